The van der Waals surface area contributed by atoms with Gasteiger partial charge in [-0.2, -0.15) is 0 Å². The summed E-state index contributed by atoms with van der Waals surface area (Å²) in [4.78, 5) is 19.9. The van der Waals surface area contributed by atoms with Crippen LogP contribution in [0.25, 0.3) is 0 Å². The minimum Gasteiger partial charge on any atom is -0.493 e. The minimum atomic E-state index is -0.473. The number of nitrogens with zero attached hydrogens (tertiary/aromatic N) is 3. The number of rotatable bonds is 12. The summed E-state index contributed by atoms with van der Waals surface area (Å²) in [5.74, 6) is 1.25. The number of hydrogen-bond acceptors (Lipinski definition) is 7. The van der Waals surface area contributed by atoms with Gasteiger partial charge in [0.05, 0.1) is 12.6 Å². The van der Waals surface area contributed by atoms with Gasteiger partial charge in [-0.1, -0.05) is 17.7 Å². The lowest BCUT2D eigenvalue weighted by molar-refractivity contribution is -0.136. The molecule has 3 saturated heterocycles. The lowest BCUT2D eigenvalue weighted by atomic mass is 9.88. The maximum Gasteiger partial charge on any atom is 0.239 e. The summed E-state index contributed by atoms with van der Waals surface area (Å²) in [6.07, 6.45) is 4.01. The fraction of sp³-hybridized carbons (Fsp3) is 0.606. The molecule has 43 heavy (non-hydrogen) atoms. The quantitative estimate of drug-likeness (QED) is 0.335. The van der Waals surface area contributed by atoms with Gasteiger partial charge in [0.2, 0.25) is 5.91 Å². The summed E-state index contributed by atoms with van der Waals surface area (Å²) >= 11 is 6.36. The van der Waals surface area contributed by atoms with E-state index in [1.54, 1.807) is 6.07 Å². The molecule has 0 saturated carbocycles. The molecule has 2 atom stereocenters. The minimum absolute atomic E-state index is 0.0473. The van der Waals surface area contributed by atoms with Crippen molar-refractivity contribution in [2.45, 2.75) is 45.2 Å². The van der Waals surface area contributed by atoms with Crippen molar-refractivity contribution < 1.29 is 13.9 Å². The summed E-state index contributed by atoms with van der Waals surface area (Å²) in [7, 11) is 0. The molecule has 8 nitrogen and oxygen atoms in total. The highest BCUT2D eigenvalue weighted by Crippen LogP contribution is 2.26. The molecule has 3 aliphatic rings. The SMILES string of the molecule is CCOc1cccc(F)c1CN1CCN(C(=O)[C@H](N)C2CCN(CCc3cc(Cl)ccc3NC[C@H]3CCNC3)CC2)CC1. The Labute approximate surface area is 261 Å². The molecule has 4 N–H and O–H groups in total. The smallest absolute Gasteiger partial charge is 0.239 e. The summed E-state index contributed by atoms with van der Waals surface area (Å²) in [5.41, 5.74) is 9.59. The second-order valence-electron chi connectivity index (χ2n) is 12.2. The van der Waals surface area contributed by atoms with Gasteiger partial charge in [0.25, 0.3) is 0 Å². The van der Waals surface area contributed by atoms with E-state index in [-0.39, 0.29) is 17.6 Å². The van der Waals surface area contributed by atoms with Crippen molar-refractivity contribution >= 4 is 23.2 Å². The summed E-state index contributed by atoms with van der Waals surface area (Å²) in [6, 6.07) is 10.7. The van der Waals surface area contributed by atoms with E-state index >= 15 is 0 Å². The van der Waals surface area contributed by atoms with Crippen LogP contribution in [0.3, 0.4) is 0 Å². The number of amides is 1. The van der Waals surface area contributed by atoms with Gasteiger partial charge in [0.15, 0.2) is 0 Å². The van der Waals surface area contributed by atoms with E-state index in [9.17, 15) is 9.18 Å². The molecule has 3 heterocycles. The van der Waals surface area contributed by atoms with Crippen LogP contribution in [-0.4, -0.2) is 98.7 Å². The molecule has 0 spiro atoms. The fourth-order valence-electron chi connectivity index (χ4n) is 6.64. The van der Waals surface area contributed by atoms with Crippen molar-refractivity contribution in [3.63, 3.8) is 0 Å². The Morgan fingerprint density at radius 1 is 1.12 bits per heavy atom. The third-order valence-electron chi connectivity index (χ3n) is 9.37. The zero-order valence-corrected chi connectivity index (χ0v) is 26.3. The van der Waals surface area contributed by atoms with Crippen LogP contribution in [0.15, 0.2) is 36.4 Å². The number of hydrogen-bond donors (Lipinski definition) is 3. The van der Waals surface area contributed by atoms with Crippen molar-refractivity contribution in [3.8, 4) is 5.75 Å². The lowest BCUT2D eigenvalue weighted by Gasteiger charge is -2.39. The molecule has 0 bridgehead atoms. The molecule has 2 aromatic rings. The molecule has 0 aromatic heterocycles. The first kappa shape index (κ1) is 32.0. The van der Waals surface area contributed by atoms with Crippen LogP contribution in [0.1, 0.15) is 37.3 Å². The lowest BCUT2D eigenvalue weighted by Crippen LogP contribution is -2.55. The van der Waals surface area contributed by atoms with Gasteiger partial charge in [0.1, 0.15) is 11.6 Å². The Bertz CT molecular complexity index is 1200. The molecular weight excluding hydrogens is 567 g/mol. The maximum atomic E-state index is 14.5. The number of likely N-dealkylation sites (tertiary alicyclic amines) is 1. The van der Waals surface area contributed by atoms with E-state index in [2.05, 4.69) is 32.6 Å². The number of nitrogens with two attached hydrogens (primary N) is 1. The predicted octanol–water partition coefficient (Wildman–Crippen LogP) is 3.83. The number of ether oxygens (including phenoxy) is 1. The molecule has 236 valence electrons. The number of piperazine rings is 1. The van der Waals surface area contributed by atoms with E-state index in [0.717, 1.165) is 63.6 Å². The normalized spacial score (nSPS) is 21.2. The molecule has 10 heteroatoms. The van der Waals surface area contributed by atoms with Crippen LogP contribution in [0.2, 0.25) is 5.02 Å². The van der Waals surface area contributed by atoms with Gasteiger partial charge in [-0.05, 0) is 107 Å². The summed E-state index contributed by atoms with van der Waals surface area (Å²) in [5, 5.41) is 7.87. The predicted molar refractivity (Wildman–Crippen MR) is 171 cm³/mol. The number of benzene rings is 2. The second-order valence-corrected chi connectivity index (χ2v) is 12.7. The van der Waals surface area contributed by atoms with Gasteiger partial charge >= 0.3 is 0 Å². The fourth-order valence-corrected chi connectivity index (χ4v) is 6.84. The summed E-state index contributed by atoms with van der Waals surface area (Å²) in [6.45, 7) is 11.5. The van der Waals surface area contributed by atoms with Crippen LogP contribution in [0.4, 0.5) is 10.1 Å². The van der Waals surface area contributed by atoms with E-state index in [0.29, 0.717) is 56.6 Å². The molecule has 0 radical (unpaired) electrons. The van der Waals surface area contributed by atoms with E-state index in [1.165, 1.54) is 23.7 Å². The standard InChI is InChI=1S/C33H48ClFN6O2/c1-2-43-31-5-3-4-29(35)28(31)23-40-16-18-41(19-17-40)33(42)32(36)25-9-13-39(14-10-25)15-11-26-20-27(34)6-7-30(26)38-22-24-8-12-37-21-24/h3-7,20,24-25,32,37-38H,2,8-19,21-23,36H2,1H3/t24-,32+/m0/s1. The molecule has 1 amide bonds. The number of carbonyl (C=O) groups is 1. The average molecular weight is 615 g/mol. The number of halogens is 2. The van der Waals surface area contributed by atoms with Crippen molar-refractivity contribution in [2.24, 2.45) is 17.6 Å². The highest BCUT2D eigenvalue weighted by molar-refractivity contribution is 6.30. The van der Waals surface area contributed by atoms with E-state index < -0.39 is 6.04 Å². The van der Waals surface area contributed by atoms with Crippen LogP contribution in [0.5, 0.6) is 5.75 Å². The Kier molecular flexibility index (Phi) is 11.5. The first-order valence-corrected chi connectivity index (χ1v) is 16.4. The highest BCUT2D eigenvalue weighted by atomic mass is 35.5. The molecule has 3 fully saturated rings. The monoisotopic (exact) mass is 614 g/mol. The Morgan fingerprint density at radius 3 is 2.63 bits per heavy atom. The first-order valence-electron chi connectivity index (χ1n) is 16.0. The van der Waals surface area contributed by atoms with E-state index in [1.807, 2.05) is 24.0 Å². The van der Waals surface area contributed by atoms with Crippen LogP contribution in [-0.2, 0) is 17.8 Å². The van der Waals surface area contributed by atoms with Crippen LogP contribution >= 0.6 is 11.6 Å². The van der Waals surface area contributed by atoms with Gasteiger partial charge in [-0.3, -0.25) is 9.69 Å². The average Bonchev–Trinajstić information content (AvgIpc) is 3.55. The number of nitrogens with one attached hydrogen (secondary N) is 2. The van der Waals surface area contributed by atoms with Gasteiger partial charge in [-0.25, -0.2) is 4.39 Å². The van der Waals surface area contributed by atoms with Gasteiger partial charge < -0.3 is 30.9 Å². The molecule has 0 unspecified atom stereocenters. The van der Waals surface area contributed by atoms with E-state index in [4.69, 9.17) is 22.1 Å². The molecule has 5 rings (SSSR count). The second kappa shape index (κ2) is 15.5. The van der Waals surface area contributed by atoms with Crippen molar-refractivity contribution in [2.75, 3.05) is 77.4 Å². The Hall–Kier alpha value is -2.43. The number of piperidine rings is 1. The Morgan fingerprint density at radius 2 is 1.91 bits per heavy atom. The third kappa shape index (κ3) is 8.60. The summed E-state index contributed by atoms with van der Waals surface area (Å²) < 4.78 is 20.2. The molecule has 0 aliphatic carbocycles. The third-order valence-corrected chi connectivity index (χ3v) is 9.61. The van der Waals surface area contributed by atoms with Gasteiger partial charge in [-0.15, -0.1) is 0 Å². The van der Waals surface area contributed by atoms with Crippen molar-refractivity contribution in [1.82, 2.24) is 20.0 Å². The van der Waals surface area contributed by atoms with Crippen LogP contribution in [0, 0.1) is 17.7 Å². The van der Waals surface area contributed by atoms with Crippen molar-refractivity contribution in [3.05, 3.63) is 58.4 Å². The molecular formula is C33H48ClFN6O2. The zero-order chi connectivity index (χ0) is 30.2. The number of carbonyl (C=O) groups excluding carboxylic acids is 1. The molecule has 2 aromatic carbocycles. The van der Waals surface area contributed by atoms with Crippen molar-refractivity contribution in [1.29, 1.82) is 0 Å². The van der Waals surface area contributed by atoms with Gasteiger partial charge in [0, 0.05) is 62.1 Å². The first-order chi connectivity index (χ1) is 20.9. The largest absolute Gasteiger partial charge is 0.493 e. The highest BCUT2D eigenvalue weighted by Gasteiger charge is 2.33. The molecule has 3 aliphatic heterocycles. The topological polar surface area (TPSA) is 86.1 Å². The zero-order valence-electron chi connectivity index (χ0n) is 25.5. The van der Waals surface area contributed by atoms with Crippen LogP contribution < -0.4 is 21.1 Å². The Balaban J connectivity index is 1.05. The number of anilines is 1. The maximum absolute atomic E-state index is 14.5.